The van der Waals surface area contributed by atoms with Gasteiger partial charge in [-0.05, 0) is 55.3 Å². The average Bonchev–Trinajstić information content (AvgIpc) is 2.87. The maximum atomic E-state index is 13.1. The smallest absolute Gasteiger partial charge is 0.193 e. The molecule has 0 amide bonds. The Morgan fingerprint density at radius 1 is 0.647 bits per heavy atom. The first-order valence-corrected chi connectivity index (χ1v) is 13.4. The van der Waals surface area contributed by atoms with E-state index in [1.165, 1.54) is 64.2 Å². The van der Waals surface area contributed by atoms with Crippen LogP contribution in [-0.2, 0) is 0 Å². The second-order valence-corrected chi connectivity index (χ2v) is 9.05. The predicted octanol–water partition coefficient (Wildman–Crippen LogP) is 8.44. The fourth-order valence-electron chi connectivity index (χ4n) is 3.97. The van der Waals surface area contributed by atoms with E-state index in [4.69, 9.17) is 9.47 Å². The van der Waals surface area contributed by atoms with E-state index in [1.54, 1.807) is 0 Å². The SMILES string of the molecule is CCCCCCCCOc1ccc(C(=O)c2ccc(NC)cc2)cc1OCCCCCCCC. The number of carbonyl (C=O) groups excluding carboxylic acids is 1. The van der Waals surface area contributed by atoms with Crippen LogP contribution in [0.15, 0.2) is 42.5 Å². The van der Waals surface area contributed by atoms with Crippen LogP contribution in [0.5, 0.6) is 11.5 Å². The van der Waals surface area contributed by atoms with Crippen molar-refractivity contribution in [2.24, 2.45) is 0 Å². The molecule has 0 spiro atoms. The number of benzene rings is 2. The summed E-state index contributed by atoms with van der Waals surface area (Å²) >= 11 is 0. The molecule has 2 aromatic rings. The van der Waals surface area contributed by atoms with E-state index in [2.05, 4.69) is 19.2 Å². The molecule has 34 heavy (non-hydrogen) atoms. The number of ketones is 1. The summed E-state index contributed by atoms with van der Waals surface area (Å²) in [5.74, 6) is 1.41. The zero-order valence-electron chi connectivity index (χ0n) is 21.7. The molecule has 0 aliphatic carbocycles. The van der Waals surface area contributed by atoms with Gasteiger partial charge in [-0.2, -0.15) is 0 Å². The molecule has 4 heteroatoms. The quantitative estimate of drug-likeness (QED) is 0.166. The number of hydrogen-bond donors (Lipinski definition) is 1. The highest BCUT2D eigenvalue weighted by atomic mass is 16.5. The van der Waals surface area contributed by atoms with Crippen LogP contribution in [0, 0.1) is 0 Å². The fraction of sp³-hybridized carbons (Fsp3) is 0.567. The number of anilines is 1. The molecule has 2 rings (SSSR count). The molecule has 0 unspecified atom stereocenters. The zero-order valence-corrected chi connectivity index (χ0v) is 21.7. The molecule has 2 aromatic carbocycles. The Morgan fingerprint density at radius 2 is 1.15 bits per heavy atom. The highest BCUT2D eigenvalue weighted by Gasteiger charge is 2.14. The van der Waals surface area contributed by atoms with Crippen molar-refractivity contribution >= 4 is 11.5 Å². The predicted molar refractivity (Wildman–Crippen MR) is 144 cm³/mol. The molecule has 0 aromatic heterocycles. The van der Waals surface area contributed by atoms with Crippen LogP contribution in [-0.4, -0.2) is 26.0 Å². The van der Waals surface area contributed by atoms with Gasteiger partial charge in [-0.25, -0.2) is 0 Å². The summed E-state index contributed by atoms with van der Waals surface area (Å²) in [5, 5.41) is 3.08. The first-order valence-electron chi connectivity index (χ1n) is 13.4. The number of unbranched alkanes of at least 4 members (excludes halogenated alkanes) is 10. The van der Waals surface area contributed by atoms with Crippen LogP contribution in [0.1, 0.15) is 107 Å². The van der Waals surface area contributed by atoms with Gasteiger partial charge in [0.15, 0.2) is 17.3 Å². The lowest BCUT2D eigenvalue weighted by atomic mass is 10.0. The van der Waals surface area contributed by atoms with E-state index >= 15 is 0 Å². The number of ether oxygens (including phenoxy) is 2. The Kier molecular flexibility index (Phi) is 13.9. The number of nitrogens with one attached hydrogen (secondary N) is 1. The third-order valence-corrected chi connectivity index (χ3v) is 6.15. The van der Waals surface area contributed by atoms with Crippen molar-refractivity contribution < 1.29 is 14.3 Å². The first kappa shape index (κ1) is 27.8. The zero-order chi connectivity index (χ0) is 24.4. The summed E-state index contributed by atoms with van der Waals surface area (Å²) in [7, 11) is 1.87. The van der Waals surface area contributed by atoms with Gasteiger partial charge in [0.2, 0.25) is 0 Å². The lowest BCUT2D eigenvalue weighted by molar-refractivity contribution is 0.103. The van der Waals surface area contributed by atoms with Gasteiger partial charge < -0.3 is 14.8 Å². The van der Waals surface area contributed by atoms with Gasteiger partial charge >= 0.3 is 0 Å². The Morgan fingerprint density at radius 3 is 1.71 bits per heavy atom. The molecule has 0 heterocycles. The number of hydrogen-bond acceptors (Lipinski definition) is 4. The summed E-state index contributed by atoms with van der Waals surface area (Å²) < 4.78 is 12.2. The van der Waals surface area contributed by atoms with E-state index in [-0.39, 0.29) is 5.78 Å². The summed E-state index contributed by atoms with van der Waals surface area (Å²) in [6, 6.07) is 13.1. The van der Waals surface area contributed by atoms with Gasteiger partial charge in [0.1, 0.15) is 0 Å². The minimum atomic E-state index is -0.00505. The molecular weight excluding hydrogens is 422 g/mol. The first-order chi connectivity index (χ1) is 16.7. The third-order valence-electron chi connectivity index (χ3n) is 6.15. The van der Waals surface area contributed by atoms with Crippen molar-refractivity contribution in [3.63, 3.8) is 0 Å². The maximum absolute atomic E-state index is 13.1. The van der Waals surface area contributed by atoms with Crippen molar-refractivity contribution in [3.05, 3.63) is 53.6 Å². The highest BCUT2D eigenvalue weighted by Crippen LogP contribution is 2.30. The Hall–Kier alpha value is -2.49. The normalized spacial score (nSPS) is 10.8. The molecule has 0 saturated carbocycles. The van der Waals surface area contributed by atoms with Gasteiger partial charge in [-0.3, -0.25) is 4.79 Å². The van der Waals surface area contributed by atoms with Crippen molar-refractivity contribution in [2.75, 3.05) is 25.6 Å². The average molecular weight is 468 g/mol. The van der Waals surface area contributed by atoms with Crippen LogP contribution in [0.4, 0.5) is 5.69 Å². The molecule has 0 fully saturated rings. The monoisotopic (exact) mass is 467 g/mol. The molecule has 0 bridgehead atoms. The Bertz CT molecular complexity index is 816. The second kappa shape index (κ2) is 17.0. The third kappa shape index (κ3) is 10.2. The van der Waals surface area contributed by atoms with E-state index in [0.717, 1.165) is 24.3 Å². The van der Waals surface area contributed by atoms with E-state index < -0.39 is 0 Å². The topological polar surface area (TPSA) is 47.6 Å². The summed E-state index contributed by atoms with van der Waals surface area (Å²) in [6.07, 6.45) is 14.7. The molecule has 0 saturated heterocycles. The summed E-state index contributed by atoms with van der Waals surface area (Å²) in [6.45, 7) is 5.80. The lowest BCUT2D eigenvalue weighted by Crippen LogP contribution is -2.06. The second-order valence-electron chi connectivity index (χ2n) is 9.05. The van der Waals surface area contributed by atoms with Crippen LogP contribution in [0.3, 0.4) is 0 Å². The number of carbonyl (C=O) groups is 1. The highest BCUT2D eigenvalue weighted by molar-refractivity contribution is 6.09. The van der Waals surface area contributed by atoms with E-state index in [1.807, 2.05) is 49.5 Å². The largest absolute Gasteiger partial charge is 0.490 e. The van der Waals surface area contributed by atoms with Crippen LogP contribution in [0.2, 0.25) is 0 Å². The molecule has 4 nitrogen and oxygen atoms in total. The van der Waals surface area contributed by atoms with Gasteiger partial charge in [-0.15, -0.1) is 0 Å². The minimum Gasteiger partial charge on any atom is -0.490 e. The molecule has 1 N–H and O–H groups in total. The molecule has 0 atom stereocenters. The lowest BCUT2D eigenvalue weighted by Gasteiger charge is -2.14. The van der Waals surface area contributed by atoms with Crippen LogP contribution in [0.25, 0.3) is 0 Å². The fourth-order valence-corrected chi connectivity index (χ4v) is 3.97. The molecule has 0 aliphatic rings. The molecular formula is C30H45NO3. The summed E-state index contributed by atoms with van der Waals surface area (Å²) in [5.41, 5.74) is 2.28. The molecule has 188 valence electrons. The van der Waals surface area contributed by atoms with Crippen molar-refractivity contribution in [2.45, 2.75) is 90.9 Å². The summed E-state index contributed by atoms with van der Waals surface area (Å²) in [4.78, 5) is 13.1. The van der Waals surface area contributed by atoms with Gasteiger partial charge in [-0.1, -0.05) is 78.1 Å². The number of rotatable bonds is 19. The van der Waals surface area contributed by atoms with Crippen LogP contribution < -0.4 is 14.8 Å². The molecule has 0 radical (unpaired) electrons. The Labute approximate surface area is 207 Å². The molecule has 0 aliphatic heterocycles. The van der Waals surface area contributed by atoms with Gasteiger partial charge in [0, 0.05) is 23.9 Å². The van der Waals surface area contributed by atoms with Crippen molar-refractivity contribution in [1.82, 2.24) is 0 Å². The Balaban J connectivity index is 1.99. The van der Waals surface area contributed by atoms with Crippen molar-refractivity contribution in [1.29, 1.82) is 0 Å². The van der Waals surface area contributed by atoms with Gasteiger partial charge in [0.05, 0.1) is 13.2 Å². The minimum absolute atomic E-state index is 0.00505. The van der Waals surface area contributed by atoms with E-state index in [0.29, 0.717) is 30.1 Å². The standard InChI is InChI=1S/C30H45NO3/c1-4-6-8-10-12-14-22-33-28-21-18-26(30(32)25-16-19-27(31-3)20-17-25)24-29(28)34-23-15-13-11-9-7-5-2/h16-21,24,31H,4-15,22-23H2,1-3H3. The van der Waals surface area contributed by atoms with Crippen LogP contribution >= 0.6 is 0 Å². The van der Waals surface area contributed by atoms with E-state index in [9.17, 15) is 4.79 Å². The van der Waals surface area contributed by atoms with Crippen molar-refractivity contribution in [3.8, 4) is 11.5 Å². The maximum Gasteiger partial charge on any atom is 0.193 e. The van der Waals surface area contributed by atoms with Gasteiger partial charge in [0.25, 0.3) is 0 Å².